The monoisotopic (exact) mass is 467 g/mol. The number of halogens is 1. The van der Waals surface area contributed by atoms with Crippen LogP contribution in [-0.4, -0.2) is 23.2 Å². The first-order valence-electron chi connectivity index (χ1n) is 7.50. The molecule has 2 aromatic carbocycles. The largest absolute Gasteiger partial charge is 0.493 e. The highest BCUT2D eigenvalue weighted by molar-refractivity contribution is 9.10. The van der Waals surface area contributed by atoms with E-state index in [1.54, 1.807) is 29.8 Å². The number of nitrogens with one attached hydrogen (secondary N) is 1. The highest BCUT2D eigenvalue weighted by atomic mass is 79.9. The van der Waals surface area contributed by atoms with Crippen LogP contribution in [0.15, 0.2) is 62.1 Å². The van der Waals surface area contributed by atoms with Crippen molar-refractivity contribution in [2.24, 2.45) is 22.4 Å². The molecule has 27 heavy (non-hydrogen) atoms. The number of aromatic hydroxyl groups is 1. The van der Waals surface area contributed by atoms with Crippen LogP contribution in [0, 0.1) is 0 Å². The molecule has 0 aliphatic heterocycles. The van der Waals surface area contributed by atoms with Crippen molar-refractivity contribution in [3.63, 3.8) is 0 Å². The van der Waals surface area contributed by atoms with Gasteiger partial charge in [0.2, 0.25) is 21.0 Å². The van der Waals surface area contributed by atoms with Crippen molar-refractivity contribution in [2.45, 2.75) is 4.90 Å². The number of aromatic nitrogens is 1. The molecule has 3 rings (SSSR count). The zero-order valence-electron chi connectivity index (χ0n) is 13.9. The molecule has 11 heteroatoms. The van der Waals surface area contributed by atoms with Crippen molar-refractivity contribution in [1.82, 2.24) is 4.57 Å². The standard InChI is InChI=1S/C16H14BrN5O3S2/c1-22-12-8-9(17)6-7-10(12)14(15(22)23)20-21-16(26)19-11-4-2-3-5-13(11)27(18,24)25/h2-8,23H,1H3,(H,19,26)(H2,18,24,25). The zero-order chi connectivity index (χ0) is 19.8. The van der Waals surface area contributed by atoms with Crippen molar-refractivity contribution in [3.05, 3.63) is 46.9 Å². The van der Waals surface area contributed by atoms with Gasteiger partial charge in [-0.25, -0.2) is 13.6 Å². The van der Waals surface area contributed by atoms with Gasteiger partial charge in [0.05, 0.1) is 11.2 Å². The summed E-state index contributed by atoms with van der Waals surface area (Å²) in [5, 5.41) is 26.7. The number of para-hydroxylation sites is 1. The third-order valence-corrected chi connectivity index (χ3v) is 5.43. The van der Waals surface area contributed by atoms with Gasteiger partial charge < -0.3 is 15.0 Å². The van der Waals surface area contributed by atoms with E-state index in [1.165, 1.54) is 12.1 Å². The molecule has 0 radical (unpaired) electrons. The van der Waals surface area contributed by atoms with Gasteiger partial charge in [0.15, 0.2) is 5.69 Å². The molecule has 0 atom stereocenters. The lowest BCUT2D eigenvalue weighted by Crippen LogP contribution is -2.16. The summed E-state index contributed by atoms with van der Waals surface area (Å²) in [6, 6.07) is 11.5. The van der Waals surface area contributed by atoms with E-state index in [4.69, 9.17) is 17.4 Å². The van der Waals surface area contributed by atoms with Crippen LogP contribution in [-0.2, 0) is 17.1 Å². The Morgan fingerprint density at radius 2 is 2.00 bits per heavy atom. The number of fused-ring (bicyclic) bond motifs is 1. The molecule has 0 saturated heterocycles. The lowest BCUT2D eigenvalue weighted by Gasteiger charge is -2.08. The fraction of sp³-hybridized carbons (Fsp3) is 0.0625. The van der Waals surface area contributed by atoms with Crippen LogP contribution < -0.4 is 10.5 Å². The number of benzene rings is 2. The predicted octanol–water partition coefficient (Wildman–Crippen LogP) is 3.77. The fourth-order valence-electron chi connectivity index (χ4n) is 2.53. The number of sulfonamides is 1. The molecule has 1 aromatic heterocycles. The lowest BCUT2D eigenvalue weighted by atomic mass is 10.2. The molecule has 0 spiro atoms. The summed E-state index contributed by atoms with van der Waals surface area (Å²) in [4.78, 5) is -0.111. The van der Waals surface area contributed by atoms with Gasteiger partial charge in [-0.15, -0.1) is 10.2 Å². The third kappa shape index (κ3) is 4.00. The predicted molar refractivity (Wildman–Crippen MR) is 111 cm³/mol. The van der Waals surface area contributed by atoms with E-state index >= 15 is 0 Å². The van der Waals surface area contributed by atoms with Crippen molar-refractivity contribution in [3.8, 4) is 5.88 Å². The summed E-state index contributed by atoms with van der Waals surface area (Å²) in [5.41, 5.74) is 1.20. The van der Waals surface area contributed by atoms with Crippen LogP contribution in [0.4, 0.5) is 11.4 Å². The van der Waals surface area contributed by atoms with Crippen LogP contribution in [0.25, 0.3) is 10.9 Å². The molecule has 4 N–H and O–H groups in total. The number of nitrogens with zero attached hydrogens (tertiary/aromatic N) is 3. The van der Waals surface area contributed by atoms with Gasteiger partial charge in [-0.2, -0.15) is 0 Å². The molecule has 0 bridgehead atoms. The lowest BCUT2D eigenvalue weighted by molar-refractivity contribution is 0.436. The Hall–Kier alpha value is -2.34. The second kappa shape index (κ2) is 7.35. The average Bonchev–Trinajstić information content (AvgIpc) is 2.83. The summed E-state index contributed by atoms with van der Waals surface area (Å²) in [7, 11) is -2.23. The number of anilines is 1. The zero-order valence-corrected chi connectivity index (χ0v) is 17.1. The van der Waals surface area contributed by atoms with Crippen molar-refractivity contribution >= 4 is 65.6 Å². The summed E-state index contributed by atoms with van der Waals surface area (Å²) in [6.07, 6.45) is 0. The number of hydrogen-bond acceptors (Lipinski definition) is 5. The smallest absolute Gasteiger partial charge is 0.240 e. The quantitative estimate of drug-likeness (QED) is 0.399. The maximum Gasteiger partial charge on any atom is 0.240 e. The second-order valence-corrected chi connectivity index (χ2v) is 8.40. The van der Waals surface area contributed by atoms with E-state index in [2.05, 4.69) is 31.5 Å². The van der Waals surface area contributed by atoms with Crippen LogP contribution in [0.5, 0.6) is 5.88 Å². The minimum absolute atomic E-state index is 0.0698. The topological polar surface area (TPSA) is 122 Å². The molecule has 0 fully saturated rings. The number of hydrogen-bond donors (Lipinski definition) is 3. The minimum Gasteiger partial charge on any atom is -0.493 e. The Labute approximate surface area is 168 Å². The number of rotatable bonds is 3. The van der Waals surface area contributed by atoms with Crippen molar-refractivity contribution in [1.29, 1.82) is 0 Å². The number of primary sulfonamides is 1. The maximum atomic E-state index is 11.6. The molecule has 0 saturated carbocycles. The Balaban J connectivity index is 1.91. The number of aryl methyl sites for hydroxylation is 1. The number of thiocarbonyl (C=S) groups is 1. The Morgan fingerprint density at radius 3 is 2.70 bits per heavy atom. The van der Waals surface area contributed by atoms with E-state index in [1.807, 2.05) is 12.1 Å². The summed E-state index contributed by atoms with van der Waals surface area (Å²) in [6.45, 7) is 0. The van der Waals surface area contributed by atoms with Gasteiger partial charge in [-0.05, 0) is 42.5 Å². The fourth-order valence-corrected chi connectivity index (χ4v) is 3.72. The SMILES string of the molecule is Cn1c(O)c(N=NC(=S)Nc2ccccc2S(N)(=O)=O)c2ccc(Br)cc21. The second-order valence-electron chi connectivity index (χ2n) is 5.56. The summed E-state index contributed by atoms with van der Waals surface area (Å²) < 4.78 is 25.7. The van der Waals surface area contributed by atoms with E-state index in [0.29, 0.717) is 5.39 Å². The van der Waals surface area contributed by atoms with Gasteiger partial charge in [-0.1, -0.05) is 28.1 Å². The van der Waals surface area contributed by atoms with Gasteiger partial charge in [0.25, 0.3) is 0 Å². The number of nitrogens with two attached hydrogens (primary N) is 1. The molecule has 1 heterocycles. The molecule has 140 valence electrons. The molecule has 0 amide bonds. The third-order valence-electron chi connectivity index (χ3n) is 3.78. The summed E-state index contributed by atoms with van der Waals surface area (Å²) in [5.74, 6) is -0.0698. The molecule has 0 aliphatic rings. The van der Waals surface area contributed by atoms with Crippen LogP contribution >= 0.6 is 28.1 Å². The summed E-state index contributed by atoms with van der Waals surface area (Å²) >= 11 is 8.49. The molecule has 0 aliphatic carbocycles. The van der Waals surface area contributed by atoms with Gasteiger partial charge in [0.1, 0.15) is 4.90 Å². The van der Waals surface area contributed by atoms with E-state index in [0.717, 1.165) is 9.99 Å². The normalized spacial score (nSPS) is 12.0. The van der Waals surface area contributed by atoms with Crippen LogP contribution in [0.1, 0.15) is 0 Å². The van der Waals surface area contributed by atoms with E-state index in [9.17, 15) is 13.5 Å². The van der Waals surface area contributed by atoms with E-state index < -0.39 is 10.0 Å². The highest BCUT2D eigenvalue weighted by Crippen LogP contribution is 2.39. The van der Waals surface area contributed by atoms with Crippen LogP contribution in [0.3, 0.4) is 0 Å². The first kappa shape index (κ1) is 19.4. The van der Waals surface area contributed by atoms with Crippen molar-refractivity contribution < 1.29 is 13.5 Å². The Morgan fingerprint density at radius 1 is 1.30 bits per heavy atom. The molecular formula is C16H14BrN5O3S2. The first-order chi connectivity index (χ1) is 12.7. The maximum absolute atomic E-state index is 11.6. The van der Waals surface area contributed by atoms with Gasteiger partial charge in [0, 0.05) is 16.9 Å². The van der Waals surface area contributed by atoms with Gasteiger partial charge in [-0.3, -0.25) is 0 Å². The van der Waals surface area contributed by atoms with Crippen LogP contribution in [0.2, 0.25) is 0 Å². The Bertz CT molecular complexity index is 1190. The minimum atomic E-state index is -3.92. The molecule has 0 unspecified atom stereocenters. The molecular weight excluding hydrogens is 454 g/mol. The first-order valence-corrected chi connectivity index (χ1v) is 10.2. The highest BCUT2D eigenvalue weighted by Gasteiger charge is 2.16. The molecule has 8 nitrogen and oxygen atoms in total. The number of azo groups is 1. The van der Waals surface area contributed by atoms with E-state index in [-0.39, 0.29) is 27.3 Å². The Kier molecular flexibility index (Phi) is 5.29. The molecule has 3 aromatic rings. The van der Waals surface area contributed by atoms with Gasteiger partial charge >= 0.3 is 0 Å². The van der Waals surface area contributed by atoms with Crippen molar-refractivity contribution in [2.75, 3.05) is 5.32 Å². The average molecular weight is 468 g/mol.